The zero-order chi connectivity index (χ0) is 18.4. The van der Waals surface area contributed by atoms with Gasteiger partial charge in [0.05, 0.1) is 5.71 Å². The molecule has 0 spiro atoms. The number of aliphatic imine (C=N–C) groups is 1. The summed E-state index contributed by atoms with van der Waals surface area (Å²) in [5.41, 5.74) is 6.87. The lowest BCUT2D eigenvalue weighted by atomic mass is 9.91. The minimum atomic E-state index is 0.866. The summed E-state index contributed by atoms with van der Waals surface area (Å²) in [6.45, 7) is 3.01. The van der Waals surface area contributed by atoms with Gasteiger partial charge in [-0.2, -0.15) is 0 Å². The smallest absolute Gasteiger partial charge is 0.0574 e. The van der Waals surface area contributed by atoms with E-state index in [0.29, 0.717) is 0 Å². The second-order valence-electron chi connectivity index (χ2n) is 6.49. The third kappa shape index (κ3) is 4.17. The van der Waals surface area contributed by atoms with E-state index < -0.39 is 0 Å². The summed E-state index contributed by atoms with van der Waals surface area (Å²) in [4.78, 5) is 11.0. The lowest BCUT2D eigenvalue weighted by molar-refractivity contribution is 0.934. The Labute approximate surface area is 156 Å². The molecule has 0 atom stereocenters. The number of hydrogen-bond acceptors (Lipinski definition) is 3. The van der Waals surface area contributed by atoms with E-state index in [2.05, 4.69) is 90.5 Å². The highest BCUT2D eigenvalue weighted by Gasteiger charge is 2.11. The van der Waals surface area contributed by atoms with E-state index in [4.69, 9.17) is 0 Å². The van der Waals surface area contributed by atoms with Crippen molar-refractivity contribution >= 4 is 17.0 Å². The third-order valence-electron chi connectivity index (χ3n) is 4.30. The zero-order valence-corrected chi connectivity index (χ0v) is 15.7. The molecule has 0 N–H and O–H groups in total. The van der Waals surface area contributed by atoms with Gasteiger partial charge in [0, 0.05) is 44.3 Å². The molecule has 3 nitrogen and oxygen atoms in total. The first-order valence-electron chi connectivity index (χ1n) is 9.02. The molecule has 1 aromatic carbocycles. The standard InChI is InChI=1S/C23H25N3/c1-4-15-25-21-11-7-18(8-12-21)23(20-6-5-16-24-17-20)19-9-13-22(14-10-19)26(2)3/h5-14,16-17H,4,15H2,1-3H3. The Morgan fingerprint density at radius 1 is 0.962 bits per heavy atom. The Kier molecular flexibility index (Phi) is 5.80. The lowest BCUT2D eigenvalue weighted by Gasteiger charge is -2.16. The number of hydrogen-bond donors (Lipinski definition) is 0. The van der Waals surface area contributed by atoms with E-state index in [9.17, 15) is 0 Å². The maximum absolute atomic E-state index is 4.57. The van der Waals surface area contributed by atoms with Gasteiger partial charge in [0.25, 0.3) is 0 Å². The topological polar surface area (TPSA) is 28.5 Å². The maximum atomic E-state index is 4.57. The van der Waals surface area contributed by atoms with Crippen LogP contribution in [0.25, 0.3) is 5.57 Å². The van der Waals surface area contributed by atoms with Gasteiger partial charge in [-0.25, -0.2) is 0 Å². The number of pyridine rings is 1. The maximum Gasteiger partial charge on any atom is 0.0574 e. The number of allylic oxidation sites excluding steroid dienone is 5. The molecule has 0 amide bonds. The third-order valence-corrected chi connectivity index (χ3v) is 4.30. The van der Waals surface area contributed by atoms with Crippen LogP contribution in [0.4, 0.5) is 5.69 Å². The normalized spacial score (nSPS) is 13.0. The number of rotatable bonds is 5. The van der Waals surface area contributed by atoms with Crippen molar-refractivity contribution in [3.63, 3.8) is 0 Å². The van der Waals surface area contributed by atoms with Gasteiger partial charge in [0.2, 0.25) is 0 Å². The van der Waals surface area contributed by atoms with Crippen molar-refractivity contribution in [2.24, 2.45) is 4.99 Å². The van der Waals surface area contributed by atoms with Crippen molar-refractivity contribution in [2.45, 2.75) is 13.3 Å². The van der Waals surface area contributed by atoms with Crippen LogP contribution in [0.15, 0.2) is 83.7 Å². The molecule has 1 aliphatic rings. The van der Waals surface area contributed by atoms with E-state index in [-0.39, 0.29) is 0 Å². The summed E-state index contributed by atoms with van der Waals surface area (Å²) in [6, 6.07) is 12.7. The van der Waals surface area contributed by atoms with E-state index in [1.807, 2.05) is 18.5 Å². The summed E-state index contributed by atoms with van der Waals surface area (Å²) in [6.07, 6.45) is 13.3. The van der Waals surface area contributed by atoms with Gasteiger partial charge >= 0.3 is 0 Å². The van der Waals surface area contributed by atoms with Crippen LogP contribution in [-0.2, 0) is 0 Å². The molecule has 0 saturated carbocycles. The van der Waals surface area contributed by atoms with Crippen molar-refractivity contribution in [1.29, 1.82) is 0 Å². The molecule has 1 aromatic heterocycles. The molecule has 0 unspecified atom stereocenters. The minimum absolute atomic E-state index is 0.866. The average Bonchev–Trinajstić information content (AvgIpc) is 2.69. The van der Waals surface area contributed by atoms with E-state index >= 15 is 0 Å². The van der Waals surface area contributed by atoms with Crippen LogP contribution >= 0.6 is 0 Å². The summed E-state index contributed by atoms with van der Waals surface area (Å²) >= 11 is 0. The van der Waals surface area contributed by atoms with Gasteiger partial charge in [-0.15, -0.1) is 0 Å². The van der Waals surface area contributed by atoms with Crippen molar-refractivity contribution in [1.82, 2.24) is 4.98 Å². The fraction of sp³-hybridized carbons (Fsp3) is 0.217. The summed E-state index contributed by atoms with van der Waals surface area (Å²) in [5.74, 6) is 0. The Morgan fingerprint density at radius 3 is 2.27 bits per heavy atom. The highest BCUT2D eigenvalue weighted by molar-refractivity contribution is 6.07. The molecule has 26 heavy (non-hydrogen) atoms. The first-order chi connectivity index (χ1) is 12.7. The number of aromatic nitrogens is 1. The van der Waals surface area contributed by atoms with E-state index in [1.54, 1.807) is 0 Å². The van der Waals surface area contributed by atoms with Crippen LogP contribution in [0.3, 0.4) is 0 Å². The second kappa shape index (κ2) is 8.43. The van der Waals surface area contributed by atoms with Crippen LogP contribution in [0.2, 0.25) is 0 Å². The average molecular weight is 343 g/mol. The molecule has 1 aliphatic carbocycles. The van der Waals surface area contributed by atoms with Gasteiger partial charge in [0.1, 0.15) is 0 Å². The van der Waals surface area contributed by atoms with Crippen molar-refractivity contribution < 1.29 is 0 Å². The van der Waals surface area contributed by atoms with Crippen LogP contribution in [-0.4, -0.2) is 31.3 Å². The molecule has 2 aromatic rings. The minimum Gasteiger partial charge on any atom is -0.378 e. The second-order valence-corrected chi connectivity index (χ2v) is 6.49. The van der Waals surface area contributed by atoms with E-state index in [1.165, 1.54) is 22.4 Å². The molecular weight excluding hydrogens is 318 g/mol. The summed E-state index contributed by atoms with van der Waals surface area (Å²) < 4.78 is 0. The van der Waals surface area contributed by atoms with Crippen LogP contribution in [0.5, 0.6) is 0 Å². The molecule has 0 saturated heterocycles. The monoisotopic (exact) mass is 343 g/mol. The molecule has 0 bridgehead atoms. The number of anilines is 1. The Bertz CT molecular complexity index is 836. The Balaban J connectivity index is 2.04. The molecule has 0 aliphatic heterocycles. The van der Waals surface area contributed by atoms with Crippen molar-refractivity contribution in [3.8, 4) is 0 Å². The molecule has 3 rings (SSSR count). The van der Waals surface area contributed by atoms with Crippen LogP contribution < -0.4 is 4.90 Å². The summed E-state index contributed by atoms with van der Waals surface area (Å²) in [5, 5.41) is 0. The highest BCUT2D eigenvalue weighted by atomic mass is 15.1. The lowest BCUT2D eigenvalue weighted by Crippen LogP contribution is -2.08. The fourth-order valence-corrected chi connectivity index (χ4v) is 2.91. The van der Waals surface area contributed by atoms with Gasteiger partial charge in [0.15, 0.2) is 0 Å². The SMILES string of the molecule is CCCN=C1C=CC(=C(c2ccc(N(C)C)cc2)c2cccnc2)C=C1. The first kappa shape index (κ1) is 17.9. The van der Waals surface area contributed by atoms with E-state index in [0.717, 1.165) is 24.2 Å². The molecular formula is C23H25N3. The van der Waals surface area contributed by atoms with Gasteiger partial charge in [-0.3, -0.25) is 9.98 Å². The number of benzene rings is 1. The molecule has 1 heterocycles. The van der Waals surface area contributed by atoms with Gasteiger partial charge in [-0.05, 0) is 53.5 Å². The van der Waals surface area contributed by atoms with Gasteiger partial charge in [-0.1, -0.05) is 37.3 Å². The molecule has 3 heteroatoms. The Morgan fingerprint density at radius 2 is 1.69 bits per heavy atom. The zero-order valence-electron chi connectivity index (χ0n) is 15.7. The van der Waals surface area contributed by atoms with Crippen LogP contribution in [0.1, 0.15) is 24.5 Å². The predicted molar refractivity (Wildman–Crippen MR) is 112 cm³/mol. The molecule has 0 radical (unpaired) electrons. The molecule has 0 fully saturated rings. The quantitative estimate of drug-likeness (QED) is 0.770. The highest BCUT2D eigenvalue weighted by Crippen LogP contribution is 2.30. The van der Waals surface area contributed by atoms with Crippen molar-refractivity contribution in [3.05, 3.63) is 89.8 Å². The number of nitrogens with zero attached hydrogens (tertiary/aromatic N) is 3. The summed E-state index contributed by atoms with van der Waals surface area (Å²) in [7, 11) is 4.11. The largest absolute Gasteiger partial charge is 0.378 e. The van der Waals surface area contributed by atoms with Crippen LogP contribution in [0, 0.1) is 0 Å². The predicted octanol–water partition coefficient (Wildman–Crippen LogP) is 4.93. The first-order valence-corrected chi connectivity index (χ1v) is 9.02. The fourth-order valence-electron chi connectivity index (χ4n) is 2.91. The van der Waals surface area contributed by atoms with Crippen molar-refractivity contribution in [2.75, 3.05) is 25.5 Å². The molecule has 132 valence electrons. The Hall–Kier alpha value is -2.94. The van der Waals surface area contributed by atoms with Gasteiger partial charge < -0.3 is 4.90 Å².